The molecule has 1 unspecified atom stereocenters. The fraction of sp³-hybridized carbons (Fsp3) is 0.889. The van der Waals surface area contributed by atoms with Gasteiger partial charge >= 0.3 is 0 Å². The van der Waals surface area contributed by atoms with Crippen molar-refractivity contribution in [2.24, 2.45) is 23.7 Å². The molecule has 1 heteroatoms. The predicted molar refractivity (Wildman–Crippen MR) is 82.2 cm³/mol. The lowest BCUT2D eigenvalue weighted by Crippen LogP contribution is -2.33. The molecule has 0 bridgehead atoms. The van der Waals surface area contributed by atoms with Gasteiger partial charge in [-0.25, -0.2) is 0 Å². The first-order chi connectivity index (χ1) is 8.97. The Kier molecular flexibility index (Phi) is 4.76. The van der Waals surface area contributed by atoms with Crippen LogP contribution in [0.2, 0.25) is 0 Å². The van der Waals surface area contributed by atoms with Crippen molar-refractivity contribution in [1.29, 1.82) is 0 Å². The van der Waals surface area contributed by atoms with Crippen LogP contribution < -0.4 is 0 Å². The van der Waals surface area contributed by atoms with E-state index in [1.165, 1.54) is 44.1 Å². The molecule has 2 saturated carbocycles. The van der Waals surface area contributed by atoms with E-state index in [0.29, 0.717) is 5.60 Å². The van der Waals surface area contributed by atoms with Crippen molar-refractivity contribution >= 4 is 0 Å². The number of allylic oxidation sites excluding steroid dienone is 1. The third-order valence-corrected chi connectivity index (χ3v) is 5.96. The van der Waals surface area contributed by atoms with Crippen LogP contribution in [0.4, 0.5) is 0 Å². The molecule has 1 heterocycles. The molecule has 3 rings (SSSR count). The van der Waals surface area contributed by atoms with Gasteiger partial charge in [-0.2, -0.15) is 0 Å². The first-order valence-corrected chi connectivity index (χ1v) is 8.30. The molecule has 0 amide bonds. The summed E-state index contributed by atoms with van der Waals surface area (Å²) in [5.41, 5.74) is 1.82. The standard InChI is InChI=1S/C9H16O.C9H16/c1-7-4-3-5-8(2)9(7)6-10-9;1-7-5-4-6-8(2)9(7)3/h7-8H,3-6H2,1-2H3;7-8H,3-6H2,1-2H3/t7-,8+,9?;7-,8+. The summed E-state index contributed by atoms with van der Waals surface area (Å²) in [4.78, 5) is 0. The predicted octanol–water partition coefficient (Wildman–Crippen LogP) is 5.21. The minimum absolute atomic E-state index is 0.345. The summed E-state index contributed by atoms with van der Waals surface area (Å²) in [5, 5.41) is 0. The first-order valence-electron chi connectivity index (χ1n) is 8.30. The topological polar surface area (TPSA) is 12.5 Å². The summed E-state index contributed by atoms with van der Waals surface area (Å²) < 4.78 is 5.56. The largest absolute Gasteiger partial charge is 0.369 e. The molecule has 2 aliphatic carbocycles. The molecule has 1 saturated heterocycles. The average molecular weight is 264 g/mol. The minimum atomic E-state index is 0.345. The molecular weight excluding hydrogens is 232 g/mol. The average Bonchev–Trinajstić information content (AvgIpc) is 3.16. The third kappa shape index (κ3) is 3.24. The Morgan fingerprint density at radius 2 is 1.32 bits per heavy atom. The molecule has 0 N–H and O–H groups in total. The molecule has 0 aromatic carbocycles. The van der Waals surface area contributed by atoms with Crippen molar-refractivity contribution in [2.75, 3.05) is 6.61 Å². The van der Waals surface area contributed by atoms with E-state index < -0.39 is 0 Å². The van der Waals surface area contributed by atoms with Crippen LogP contribution in [-0.2, 0) is 4.74 Å². The summed E-state index contributed by atoms with van der Waals surface area (Å²) in [6, 6.07) is 0. The lowest BCUT2D eigenvalue weighted by atomic mass is 9.74. The van der Waals surface area contributed by atoms with Crippen LogP contribution in [0, 0.1) is 23.7 Å². The van der Waals surface area contributed by atoms with E-state index in [2.05, 4.69) is 34.3 Å². The summed E-state index contributed by atoms with van der Waals surface area (Å²) in [6.07, 6.45) is 8.30. The van der Waals surface area contributed by atoms with Gasteiger partial charge in [0, 0.05) is 0 Å². The molecule has 3 aliphatic rings. The lowest BCUT2D eigenvalue weighted by molar-refractivity contribution is 0.114. The third-order valence-electron chi connectivity index (χ3n) is 5.96. The summed E-state index contributed by atoms with van der Waals surface area (Å²) in [7, 11) is 0. The van der Waals surface area contributed by atoms with Crippen LogP contribution in [0.3, 0.4) is 0 Å². The number of hydrogen-bond acceptors (Lipinski definition) is 1. The van der Waals surface area contributed by atoms with Gasteiger partial charge in [-0.3, -0.25) is 0 Å². The molecule has 0 radical (unpaired) electrons. The number of epoxide rings is 1. The second-order valence-electron chi connectivity index (χ2n) is 7.28. The Morgan fingerprint density at radius 1 is 0.895 bits per heavy atom. The van der Waals surface area contributed by atoms with Crippen LogP contribution in [0.25, 0.3) is 0 Å². The van der Waals surface area contributed by atoms with Gasteiger partial charge in [-0.1, -0.05) is 52.7 Å². The zero-order valence-corrected chi connectivity index (χ0v) is 13.4. The van der Waals surface area contributed by atoms with E-state index in [9.17, 15) is 0 Å². The van der Waals surface area contributed by atoms with E-state index in [-0.39, 0.29) is 0 Å². The highest BCUT2D eigenvalue weighted by Gasteiger charge is 2.54. The molecule has 0 aromatic heterocycles. The molecule has 5 atom stereocenters. The van der Waals surface area contributed by atoms with Crippen LogP contribution in [0.15, 0.2) is 12.2 Å². The zero-order chi connectivity index (χ0) is 14.0. The van der Waals surface area contributed by atoms with Crippen LogP contribution >= 0.6 is 0 Å². The monoisotopic (exact) mass is 264 g/mol. The zero-order valence-electron chi connectivity index (χ0n) is 13.4. The fourth-order valence-corrected chi connectivity index (χ4v) is 3.94. The second-order valence-corrected chi connectivity index (χ2v) is 7.28. The van der Waals surface area contributed by atoms with Crippen molar-refractivity contribution in [2.45, 2.75) is 71.8 Å². The van der Waals surface area contributed by atoms with E-state index >= 15 is 0 Å². The summed E-state index contributed by atoms with van der Waals surface area (Å²) in [5.74, 6) is 3.20. The van der Waals surface area contributed by atoms with Crippen molar-refractivity contribution in [3.05, 3.63) is 12.2 Å². The Morgan fingerprint density at radius 3 is 1.63 bits per heavy atom. The van der Waals surface area contributed by atoms with Gasteiger partial charge in [-0.05, 0) is 49.4 Å². The normalized spacial score (nSPS) is 45.6. The van der Waals surface area contributed by atoms with Crippen molar-refractivity contribution < 1.29 is 4.74 Å². The van der Waals surface area contributed by atoms with Gasteiger partial charge in [0.1, 0.15) is 0 Å². The van der Waals surface area contributed by atoms with Gasteiger partial charge in [0.2, 0.25) is 0 Å². The highest BCUT2D eigenvalue weighted by Crippen LogP contribution is 2.49. The Labute approximate surface area is 119 Å². The highest BCUT2D eigenvalue weighted by atomic mass is 16.6. The van der Waals surface area contributed by atoms with Gasteiger partial charge in [0.05, 0.1) is 12.2 Å². The molecule has 1 aliphatic heterocycles. The maximum absolute atomic E-state index is 5.56. The number of rotatable bonds is 0. The van der Waals surface area contributed by atoms with Gasteiger partial charge in [0.25, 0.3) is 0 Å². The SMILES string of the molecule is C=C1[C@H](C)CCC[C@@H]1C.C[C@@H]1CCC[C@H](C)C12CO2. The molecule has 1 spiro atoms. The maximum Gasteiger partial charge on any atom is 0.0967 e. The van der Waals surface area contributed by atoms with Gasteiger partial charge in [-0.15, -0.1) is 0 Å². The van der Waals surface area contributed by atoms with Gasteiger partial charge < -0.3 is 4.74 Å². The van der Waals surface area contributed by atoms with Crippen molar-refractivity contribution in [3.8, 4) is 0 Å². The minimum Gasteiger partial charge on any atom is -0.369 e. The summed E-state index contributed by atoms with van der Waals surface area (Å²) in [6.45, 7) is 14.4. The fourth-order valence-electron chi connectivity index (χ4n) is 3.94. The van der Waals surface area contributed by atoms with Crippen molar-refractivity contribution in [3.63, 3.8) is 0 Å². The van der Waals surface area contributed by atoms with Gasteiger partial charge in [0.15, 0.2) is 0 Å². The van der Waals surface area contributed by atoms with E-state index in [1.807, 2.05) is 0 Å². The Balaban J connectivity index is 0.000000141. The maximum atomic E-state index is 5.56. The number of hydrogen-bond donors (Lipinski definition) is 0. The molecule has 3 fully saturated rings. The van der Waals surface area contributed by atoms with Crippen LogP contribution in [0.1, 0.15) is 66.2 Å². The second kappa shape index (κ2) is 5.99. The molecule has 110 valence electrons. The Bertz CT molecular complexity index is 292. The quantitative estimate of drug-likeness (QED) is 0.432. The van der Waals surface area contributed by atoms with E-state index in [4.69, 9.17) is 4.74 Å². The molecular formula is C18H32O. The summed E-state index contributed by atoms with van der Waals surface area (Å²) >= 11 is 0. The van der Waals surface area contributed by atoms with E-state index in [0.717, 1.165) is 30.3 Å². The lowest BCUT2D eigenvalue weighted by Gasteiger charge is -2.31. The molecule has 1 nitrogen and oxygen atoms in total. The van der Waals surface area contributed by atoms with E-state index in [1.54, 1.807) is 0 Å². The van der Waals surface area contributed by atoms with Crippen LogP contribution in [0.5, 0.6) is 0 Å². The highest BCUT2D eigenvalue weighted by molar-refractivity contribution is 5.05. The number of ether oxygens (including phenoxy) is 1. The molecule has 0 aromatic rings. The molecule has 19 heavy (non-hydrogen) atoms. The van der Waals surface area contributed by atoms with Crippen LogP contribution in [-0.4, -0.2) is 12.2 Å². The smallest absolute Gasteiger partial charge is 0.0967 e. The Hall–Kier alpha value is -0.300. The first kappa shape index (κ1) is 15.1. The van der Waals surface area contributed by atoms with Crippen molar-refractivity contribution in [1.82, 2.24) is 0 Å².